The van der Waals surface area contributed by atoms with Gasteiger partial charge in [-0.2, -0.15) is 0 Å². The second-order valence-corrected chi connectivity index (χ2v) is 15.0. The number of rotatable bonds is 4. The fourth-order valence-electron chi connectivity index (χ4n) is 9.12. The molecule has 3 heterocycles. The number of nitrogens with zero attached hydrogens (tertiary/aromatic N) is 4. The Morgan fingerprint density at radius 1 is 0.345 bits per heavy atom. The molecule has 2 aromatic heterocycles. The van der Waals surface area contributed by atoms with Crippen LogP contribution in [-0.2, 0) is 0 Å². The minimum absolute atomic E-state index is 0.638. The minimum atomic E-state index is 0.638. The summed E-state index contributed by atoms with van der Waals surface area (Å²) in [4.78, 5) is 13.2. The molecule has 0 bridgehead atoms. The van der Waals surface area contributed by atoms with Gasteiger partial charge in [-0.1, -0.05) is 164 Å². The van der Waals surface area contributed by atoms with Gasteiger partial charge in [-0.15, -0.1) is 0 Å². The Morgan fingerprint density at radius 2 is 0.966 bits per heavy atom. The normalized spacial score (nSPS) is 12.1. The summed E-state index contributed by atoms with van der Waals surface area (Å²) >= 11 is 0. The SMILES string of the molecule is c1ccc(N2c3ccccc3-c3ccccc3-c3cc4c5ccccc5n(-c5nc(-c6ccc(-c7cccc8ccccc78)cc6)c6ccccc6n5)c4cc32)cc1. The predicted molar refractivity (Wildman–Crippen MR) is 241 cm³/mol. The Balaban J connectivity index is 1.11. The lowest BCUT2D eigenvalue weighted by molar-refractivity contribution is 1.01. The Hall–Kier alpha value is -7.82. The quantitative estimate of drug-likeness (QED) is 0.180. The molecule has 4 nitrogen and oxygen atoms in total. The molecule has 0 saturated heterocycles. The van der Waals surface area contributed by atoms with Crippen LogP contribution in [0.5, 0.6) is 0 Å². The first-order valence-electron chi connectivity index (χ1n) is 19.8. The van der Waals surface area contributed by atoms with Crippen LogP contribution in [0.3, 0.4) is 0 Å². The van der Waals surface area contributed by atoms with Gasteiger partial charge >= 0.3 is 0 Å². The third kappa shape index (κ3) is 4.95. The van der Waals surface area contributed by atoms with E-state index < -0.39 is 0 Å². The number of anilines is 3. The maximum absolute atomic E-state index is 5.48. The van der Waals surface area contributed by atoms with Gasteiger partial charge in [-0.3, -0.25) is 4.57 Å². The first-order chi connectivity index (χ1) is 28.8. The molecule has 12 rings (SSSR count). The third-order valence-electron chi connectivity index (χ3n) is 11.7. The van der Waals surface area contributed by atoms with Crippen LogP contribution in [0.2, 0.25) is 0 Å². The van der Waals surface area contributed by atoms with Gasteiger partial charge in [0.15, 0.2) is 0 Å². The highest BCUT2D eigenvalue weighted by Crippen LogP contribution is 2.52. The fourth-order valence-corrected chi connectivity index (χ4v) is 9.12. The molecule has 0 atom stereocenters. The number of hydrogen-bond acceptors (Lipinski definition) is 3. The summed E-state index contributed by atoms with van der Waals surface area (Å²) < 4.78 is 2.26. The van der Waals surface area contributed by atoms with Crippen LogP contribution in [0.15, 0.2) is 206 Å². The first kappa shape index (κ1) is 32.4. The van der Waals surface area contributed by atoms with Crippen molar-refractivity contribution in [3.05, 3.63) is 206 Å². The molecule has 1 aliphatic rings. The Kier molecular flexibility index (Phi) is 7.20. The summed E-state index contributed by atoms with van der Waals surface area (Å²) in [5.74, 6) is 0.638. The van der Waals surface area contributed by atoms with E-state index in [0.29, 0.717) is 5.95 Å². The monoisotopic (exact) mass is 738 g/mol. The van der Waals surface area contributed by atoms with Crippen LogP contribution in [0.1, 0.15) is 0 Å². The molecule has 0 saturated carbocycles. The molecule has 0 radical (unpaired) electrons. The molecule has 270 valence electrons. The maximum atomic E-state index is 5.48. The average molecular weight is 739 g/mol. The Bertz CT molecular complexity index is 3390. The van der Waals surface area contributed by atoms with Gasteiger partial charge in [-0.05, 0) is 75.5 Å². The highest BCUT2D eigenvalue weighted by atomic mass is 15.2. The van der Waals surface area contributed by atoms with E-state index in [1.165, 1.54) is 44.2 Å². The van der Waals surface area contributed by atoms with E-state index in [4.69, 9.17) is 9.97 Å². The largest absolute Gasteiger partial charge is 0.309 e. The third-order valence-corrected chi connectivity index (χ3v) is 11.7. The molecular formula is C54H34N4. The van der Waals surface area contributed by atoms with Gasteiger partial charge in [0.1, 0.15) is 0 Å². The van der Waals surface area contributed by atoms with Crippen molar-refractivity contribution in [1.29, 1.82) is 0 Å². The van der Waals surface area contributed by atoms with E-state index in [2.05, 4.69) is 216 Å². The minimum Gasteiger partial charge on any atom is -0.309 e. The summed E-state index contributed by atoms with van der Waals surface area (Å²) in [6, 6.07) is 73.9. The lowest BCUT2D eigenvalue weighted by atomic mass is 9.94. The van der Waals surface area contributed by atoms with Crippen LogP contribution >= 0.6 is 0 Å². The highest BCUT2D eigenvalue weighted by Gasteiger charge is 2.28. The van der Waals surface area contributed by atoms with E-state index in [-0.39, 0.29) is 0 Å². The van der Waals surface area contributed by atoms with E-state index in [0.717, 1.165) is 61.0 Å². The average Bonchev–Trinajstić information content (AvgIpc) is 3.56. The second-order valence-electron chi connectivity index (χ2n) is 15.0. The number of aromatic nitrogens is 3. The van der Waals surface area contributed by atoms with E-state index in [9.17, 15) is 0 Å². The lowest BCUT2D eigenvalue weighted by Gasteiger charge is -2.27. The molecule has 1 aliphatic heterocycles. The van der Waals surface area contributed by atoms with Crippen molar-refractivity contribution in [2.75, 3.05) is 4.90 Å². The van der Waals surface area contributed by atoms with Gasteiger partial charge in [0.2, 0.25) is 5.95 Å². The van der Waals surface area contributed by atoms with Crippen LogP contribution in [0.25, 0.3) is 94.1 Å². The maximum Gasteiger partial charge on any atom is 0.235 e. The van der Waals surface area contributed by atoms with Gasteiger partial charge in [0.25, 0.3) is 0 Å². The van der Waals surface area contributed by atoms with Gasteiger partial charge in [0, 0.05) is 38.5 Å². The zero-order valence-corrected chi connectivity index (χ0v) is 31.4. The topological polar surface area (TPSA) is 34.0 Å². The molecule has 0 amide bonds. The van der Waals surface area contributed by atoms with Gasteiger partial charge in [-0.25, -0.2) is 9.97 Å². The summed E-state index contributed by atoms with van der Waals surface area (Å²) in [5.41, 5.74) is 15.5. The fraction of sp³-hybridized carbons (Fsp3) is 0. The van der Waals surface area contributed by atoms with Crippen LogP contribution < -0.4 is 4.90 Å². The van der Waals surface area contributed by atoms with Crippen LogP contribution in [-0.4, -0.2) is 14.5 Å². The molecule has 0 spiro atoms. The second kappa shape index (κ2) is 12.9. The summed E-state index contributed by atoms with van der Waals surface area (Å²) in [5, 5.41) is 5.81. The summed E-state index contributed by atoms with van der Waals surface area (Å²) in [6.07, 6.45) is 0. The standard InChI is InChI=1S/C54H34N4/c1-2-17-38(18-3-1)57-49-27-12-9-22-43(49)41-20-6-7-21-42(41)46-33-47-44-23-10-13-28-50(44)58(52(47)34-51(46)57)54-55-48-26-11-8-24-45(48)53(56-54)37-31-29-36(30-32-37)40-25-14-16-35-15-4-5-19-39(35)40/h1-34H. The van der Waals surface area contributed by atoms with Crippen LogP contribution in [0, 0.1) is 0 Å². The molecule has 0 fully saturated rings. The predicted octanol–water partition coefficient (Wildman–Crippen LogP) is 14.3. The van der Waals surface area contributed by atoms with Crippen molar-refractivity contribution in [2.24, 2.45) is 0 Å². The van der Waals surface area contributed by atoms with Gasteiger partial charge < -0.3 is 4.90 Å². The molecule has 11 aromatic rings. The van der Waals surface area contributed by atoms with Crippen molar-refractivity contribution in [1.82, 2.24) is 14.5 Å². The van der Waals surface area contributed by atoms with Crippen LogP contribution in [0.4, 0.5) is 17.1 Å². The molecule has 0 N–H and O–H groups in total. The zero-order chi connectivity index (χ0) is 38.2. The van der Waals surface area contributed by atoms with Crippen molar-refractivity contribution < 1.29 is 0 Å². The van der Waals surface area contributed by atoms with Crippen molar-refractivity contribution in [3.63, 3.8) is 0 Å². The first-order valence-corrected chi connectivity index (χ1v) is 19.8. The molecule has 58 heavy (non-hydrogen) atoms. The number of hydrogen-bond donors (Lipinski definition) is 0. The number of benzene rings is 9. The number of fused-ring (bicyclic) bond motifs is 10. The van der Waals surface area contributed by atoms with E-state index >= 15 is 0 Å². The Morgan fingerprint density at radius 3 is 1.81 bits per heavy atom. The number of para-hydroxylation sites is 4. The zero-order valence-electron chi connectivity index (χ0n) is 31.4. The molecule has 9 aromatic carbocycles. The molecule has 0 aliphatic carbocycles. The smallest absolute Gasteiger partial charge is 0.235 e. The molecule has 4 heteroatoms. The summed E-state index contributed by atoms with van der Waals surface area (Å²) in [6.45, 7) is 0. The highest BCUT2D eigenvalue weighted by molar-refractivity contribution is 6.15. The van der Waals surface area contributed by atoms with Crippen molar-refractivity contribution in [2.45, 2.75) is 0 Å². The summed E-state index contributed by atoms with van der Waals surface area (Å²) in [7, 11) is 0. The van der Waals surface area contributed by atoms with Gasteiger partial charge in [0.05, 0.1) is 33.6 Å². The van der Waals surface area contributed by atoms with Crippen molar-refractivity contribution in [3.8, 4) is 50.6 Å². The Labute approximate surface area is 335 Å². The molecule has 0 unspecified atom stereocenters. The van der Waals surface area contributed by atoms with E-state index in [1.807, 2.05) is 0 Å². The van der Waals surface area contributed by atoms with Crippen molar-refractivity contribution >= 4 is 60.5 Å². The molecular weight excluding hydrogens is 705 g/mol. The van der Waals surface area contributed by atoms with E-state index in [1.54, 1.807) is 0 Å². The lowest BCUT2D eigenvalue weighted by Crippen LogP contribution is -2.11.